The van der Waals surface area contributed by atoms with Crippen molar-refractivity contribution in [1.82, 2.24) is 0 Å². The SMILES string of the molecule is CCCCCCCCCCCCOc1c(OC)cc2oc(-c3ccc(O)c(O)c3)cc(=O)c2c1O. The maximum Gasteiger partial charge on any atom is 0.204 e. The van der Waals surface area contributed by atoms with Crippen molar-refractivity contribution in [2.45, 2.75) is 71.1 Å². The average Bonchev–Trinajstić information content (AvgIpc) is 2.84. The van der Waals surface area contributed by atoms with Crippen LogP contribution in [0.3, 0.4) is 0 Å². The number of unbranched alkanes of at least 4 members (excludes halogenated alkanes) is 9. The summed E-state index contributed by atoms with van der Waals surface area (Å²) in [5.41, 5.74) is 0.0671. The molecule has 0 fully saturated rings. The molecule has 3 rings (SSSR count). The van der Waals surface area contributed by atoms with Gasteiger partial charge < -0.3 is 29.2 Å². The number of ether oxygens (including phenoxy) is 2. The van der Waals surface area contributed by atoms with E-state index in [-0.39, 0.29) is 45.5 Å². The molecule has 3 aromatic rings. The molecule has 7 nitrogen and oxygen atoms in total. The van der Waals surface area contributed by atoms with Gasteiger partial charge in [0.15, 0.2) is 28.4 Å². The van der Waals surface area contributed by atoms with E-state index >= 15 is 0 Å². The van der Waals surface area contributed by atoms with Gasteiger partial charge in [-0.3, -0.25) is 4.79 Å². The second-order valence-corrected chi connectivity index (χ2v) is 8.84. The van der Waals surface area contributed by atoms with Crippen molar-refractivity contribution in [1.29, 1.82) is 0 Å². The zero-order valence-corrected chi connectivity index (χ0v) is 20.6. The molecule has 0 aliphatic carbocycles. The van der Waals surface area contributed by atoms with Gasteiger partial charge in [-0.1, -0.05) is 64.7 Å². The van der Waals surface area contributed by atoms with Gasteiger partial charge in [-0.15, -0.1) is 0 Å². The topological polar surface area (TPSA) is 109 Å². The minimum absolute atomic E-state index is 0.00405. The molecule has 1 heterocycles. The fourth-order valence-corrected chi connectivity index (χ4v) is 4.14. The normalized spacial score (nSPS) is 11.1. The lowest BCUT2D eigenvalue weighted by Gasteiger charge is -2.14. The molecule has 35 heavy (non-hydrogen) atoms. The third-order valence-electron chi connectivity index (χ3n) is 6.14. The third kappa shape index (κ3) is 6.84. The molecule has 3 N–H and O–H groups in total. The highest BCUT2D eigenvalue weighted by Gasteiger charge is 2.20. The molecule has 0 saturated heterocycles. The van der Waals surface area contributed by atoms with E-state index in [1.807, 2.05) is 0 Å². The van der Waals surface area contributed by atoms with Gasteiger partial charge in [-0.05, 0) is 24.6 Å². The van der Waals surface area contributed by atoms with Crippen molar-refractivity contribution < 1.29 is 29.2 Å². The van der Waals surface area contributed by atoms with E-state index in [4.69, 9.17) is 13.9 Å². The quantitative estimate of drug-likeness (QED) is 0.169. The number of hydrogen-bond acceptors (Lipinski definition) is 7. The number of fused-ring (bicyclic) bond motifs is 1. The number of aromatic hydroxyl groups is 3. The lowest BCUT2D eigenvalue weighted by atomic mass is 10.1. The van der Waals surface area contributed by atoms with Crippen molar-refractivity contribution in [2.24, 2.45) is 0 Å². The maximum absolute atomic E-state index is 12.8. The van der Waals surface area contributed by atoms with Crippen molar-refractivity contribution in [3.05, 3.63) is 40.6 Å². The van der Waals surface area contributed by atoms with Crippen LogP contribution >= 0.6 is 0 Å². The average molecular weight is 485 g/mol. The molecule has 7 heteroatoms. The van der Waals surface area contributed by atoms with Gasteiger partial charge in [-0.25, -0.2) is 0 Å². The highest BCUT2D eigenvalue weighted by Crippen LogP contribution is 2.42. The molecule has 2 aromatic carbocycles. The Hall–Kier alpha value is -3.35. The van der Waals surface area contributed by atoms with Gasteiger partial charge in [0.25, 0.3) is 0 Å². The smallest absolute Gasteiger partial charge is 0.204 e. The lowest BCUT2D eigenvalue weighted by Crippen LogP contribution is -2.05. The lowest BCUT2D eigenvalue weighted by molar-refractivity contribution is 0.271. The van der Waals surface area contributed by atoms with Crippen LogP contribution in [0.2, 0.25) is 0 Å². The minimum Gasteiger partial charge on any atom is -0.504 e. The summed E-state index contributed by atoms with van der Waals surface area (Å²) in [6.07, 6.45) is 12.1. The zero-order chi connectivity index (χ0) is 25.2. The van der Waals surface area contributed by atoms with E-state index in [2.05, 4.69) is 6.92 Å². The van der Waals surface area contributed by atoms with Crippen LogP contribution < -0.4 is 14.9 Å². The molecule has 0 bridgehead atoms. The molecule has 0 aliphatic rings. The van der Waals surface area contributed by atoms with Gasteiger partial charge >= 0.3 is 0 Å². The summed E-state index contributed by atoms with van der Waals surface area (Å²) in [6, 6.07) is 6.85. The molecule has 0 aliphatic heterocycles. The van der Waals surface area contributed by atoms with Gasteiger partial charge in [0.05, 0.1) is 13.7 Å². The van der Waals surface area contributed by atoms with Crippen LogP contribution in [0.4, 0.5) is 0 Å². The van der Waals surface area contributed by atoms with Crippen molar-refractivity contribution in [2.75, 3.05) is 13.7 Å². The van der Waals surface area contributed by atoms with Crippen LogP contribution in [-0.4, -0.2) is 29.0 Å². The predicted octanol–water partition coefficient (Wildman–Crippen LogP) is 6.89. The van der Waals surface area contributed by atoms with Gasteiger partial charge in [0.2, 0.25) is 5.75 Å². The standard InChI is InChI=1S/C28H36O7/c1-3-4-5-6-7-8-9-10-11-12-15-34-28-25(33-2)18-24-26(27(28)32)22(31)17-23(35-24)19-13-14-20(29)21(30)16-19/h13-14,16-18,29-30,32H,3-12,15H2,1-2H3. The molecule has 0 unspecified atom stereocenters. The maximum atomic E-state index is 12.8. The number of phenolic OH excluding ortho intramolecular Hbond substituents is 3. The minimum atomic E-state index is -0.460. The third-order valence-corrected chi connectivity index (χ3v) is 6.14. The number of hydrogen-bond donors (Lipinski definition) is 3. The number of methoxy groups -OCH3 is 1. The summed E-state index contributed by atoms with van der Waals surface area (Å²) in [7, 11) is 1.45. The van der Waals surface area contributed by atoms with E-state index in [0.717, 1.165) is 19.3 Å². The van der Waals surface area contributed by atoms with Crippen LogP contribution in [0, 0.1) is 0 Å². The molecule has 0 radical (unpaired) electrons. The summed E-state index contributed by atoms with van der Waals surface area (Å²) >= 11 is 0. The molecular formula is C28H36O7. The Morgan fingerprint density at radius 1 is 0.829 bits per heavy atom. The molecule has 190 valence electrons. The zero-order valence-electron chi connectivity index (χ0n) is 20.6. The number of phenols is 3. The Balaban J connectivity index is 1.64. The first-order valence-electron chi connectivity index (χ1n) is 12.5. The summed E-state index contributed by atoms with van der Waals surface area (Å²) in [5, 5.41) is 30.1. The Morgan fingerprint density at radius 2 is 1.49 bits per heavy atom. The molecular weight excluding hydrogens is 448 g/mol. The molecule has 0 spiro atoms. The first-order chi connectivity index (χ1) is 17.0. The number of benzene rings is 2. The first kappa shape index (κ1) is 26.3. The van der Waals surface area contributed by atoms with E-state index in [9.17, 15) is 20.1 Å². The summed E-state index contributed by atoms with van der Waals surface area (Å²) in [4.78, 5) is 12.8. The van der Waals surface area contributed by atoms with Gasteiger partial charge in [0, 0.05) is 17.7 Å². The Bertz CT molecular complexity index is 1170. The fourth-order valence-electron chi connectivity index (χ4n) is 4.14. The number of rotatable bonds is 14. The fraction of sp³-hybridized carbons (Fsp3) is 0.464. The molecule has 1 aromatic heterocycles. The molecule has 0 amide bonds. The van der Waals surface area contributed by atoms with Crippen LogP contribution in [0.1, 0.15) is 71.1 Å². The van der Waals surface area contributed by atoms with Crippen molar-refractivity contribution in [3.8, 4) is 40.1 Å². The Kier molecular flexibility index (Phi) is 9.70. The van der Waals surface area contributed by atoms with E-state index in [1.165, 1.54) is 82.4 Å². The summed E-state index contributed by atoms with van der Waals surface area (Å²) in [5.74, 6) is -0.366. The largest absolute Gasteiger partial charge is 0.504 e. The Labute approximate surface area is 205 Å². The Morgan fingerprint density at radius 3 is 2.11 bits per heavy atom. The monoisotopic (exact) mass is 484 g/mol. The van der Waals surface area contributed by atoms with Gasteiger partial charge in [-0.2, -0.15) is 0 Å². The van der Waals surface area contributed by atoms with Crippen LogP contribution in [0.5, 0.6) is 28.7 Å². The summed E-state index contributed by atoms with van der Waals surface area (Å²) < 4.78 is 17.0. The van der Waals surface area contributed by atoms with Crippen molar-refractivity contribution in [3.63, 3.8) is 0 Å². The highest BCUT2D eigenvalue weighted by atomic mass is 16.5. The van der Waals surface area contributed by atoms with Crippen LogP contribution in [0.15, 0.2) is 39.5 Å². The summed E-state index contributed by atoms with van der Waals surface area (Å²) in [6.45, 7) is 2.63. The van der Waals surface area contributed by atoms with E-state index in [0.29, 0.717) is 12.2 Å². The predicted molar refractivity (Wildman–Crippen MR) is 137 cm³/mol. The molecule has 0 saturated carbocycles. The van der Waals surface area contributed by atoms with Crippen LogP contribution in [-0.2, 0) is 0 Å². The first-order valence-corrected chi connectivity index (χ1v) is 12.5. The second-order valence-electron chi connectivity index (χ2n) is 8.84. The van der Waals surface area contributed by atoms with E-state index < -0.39 is 5.43 Å². The van der Waals surface area contributed by atoms with Gasteiger partial charge in [0.1, 0.15) is 16.7 Å². The molecule has 0 atom stereocenters. The van der Waals surface area contributed by atoms with Crippen LogP contribution in [0.25, 0.3) is 22.3 Å². The van der Waals surface area contributed by atoms with E-state index in [1.54, 1.807) is 0 Å². The van der Waals surface area contributed by atoms with Crippen molar-refractivity contribution >= 4 is 11.0 Å². The second kappa shape index (κ2) is 12.9. The highest BCUT2D eigenvalue weighted by molar-refractivity contribution is 5.89.